The first-order chi connectivity index (χ1) is 9.33. The summed E-state index contributed by atoms with van der Waals surface area (Å²) in [6.07, 6.45) is 1.63. The molecule has 0 spiro atoms. The normalized spacial score (nSPS) is 12.1. The molecule has 1 N–H and O–H groups in total. The van der Waals surface area contributed by atoms with Gasteiger partial charge in [0.25, 0.3) is 0 Å². The molecule has 0 fully saturated rings. The highest BCUT2D eigenvalue weighted by molar-refractivity contribution is 5.55. The molecule has 2 aromatic rings. The third-order valence-electron chi connectivity index (χ3n) is 2.74. The molecular weight excluding hydrogens is 259 g/mol. The van der Waals surface area contributed by atoms with Crippen molar-refractivity contribution in [1.82, 2.24) is 9.88 Å². The molecule has 1 aromatic heterocycles. The van der Waals surface area contributed by atoms with Crippen molar-refractivity contribution in [3.05, 3.63) is 42.2 Å². The number of rotatable bonds is 5. The lowest BCUT2D eigenvalue weighted by Crippen LogP contribution is -2.35. The molecule has 4 nitrogen and oxygen atoms in total. The number of hydrogen-bond donors (Lipinski definition) is 1. The summed E-state index contributed by atoms with van der Waals surface area (Å²) >= 11 is 0. The van der Waals surface area contributed by atoms with Crippen LogP contribution in [-0.2, 0) is 6.54 Å². The van der Waals surface area contributed by atoms with Gasteiger partial charge in [-0.15, -0.1) is 0 Å². The highest BCUT2D eigenvalue weighted by Gasteiger charge is 2.17. The Morgan fingerprint density at radius 2 is 1.95 bits per heavy atom. The van der Waals surface area contributed by atoms with Crippen LogP contribution in [0.4, 0.5) is 4.39 Å². The molecule has 0 aliphatic heterocycles. The Morgan fingerprint density at radius 3 is 2.55 bits per heavy atom. The van der Waals surface area contributed by atoms with Gasteiger partial charge in [0.2, 0.25) is 5.89 Å². The number of halogens is 1. The average molecular weight is 278 g/mol. The zero-order valence-electron chi connectivity index (χ0n) is 11.9. The van der Waals surface area contributed by atoms with E-state index in [4.69, 9.17) is 4.42 Å². The minimum atomic E-state index is -0.763. The third kappa shape index (κ3) is 4.15. The summed E-state index contributed by atoms with van der Waals surface area (Å²) in [6, 6.07) is 6.08. The first-order valence-corrected chi connectivity index (χ1v) is 6.45. The molecule has 0 bridgehead atoms. The molecule has 20 heavy (non-hydrogen) atoms. The molecule has 0 saturated heterocycles. The van der Waals surface area contributed by atoms with Crippen LogP contribution in [0.25, 0.3) is 11.3 Å². The molecule has 0 amide bonds. The van der Waals surface area contributed by atoms with E-state index in [9.17, 15) is 9.50 Å². The maximum absolute atomic E-state index is 12.9. The van der Waals surface area contributed by atoms with Crippen LogP contribution in [0.3, 0.4) is 0 Å². The predicted octanol–water partition coefficient (Wildman–Crippen LogP) is 2.68. The molecule has 0 unspecified atom stereocenters. The quantitative estimate of drug-likeness (QED) is 0.913. The van der Waals surface area contributed by atoms with Gasteiger partial charge in [0.15, 0.2) is 5.76 Å². The van der Waals surface area contributed by atoms with Crippen LogP contribution in [0, 0.1) is 5.82 Å². The lowest BCUT2D eigenvalue weighted by atomic mass is 10.1. The second kappa shape index (κ2) is 5.73. The first kappa shape index (κ1) is 14.7. The molecule has 0 saturated carbocycles. The lowest BCUT2D eigenvalue weighted by Gasteiger charge is -2.24. The van der Waals surface area contributed by atoms with Crippen molar-refractivity contribution in [3.8, 4) is 11.3 Å². The highest BCUT2D eigenvalue weighted by Crippen LogP contribution is 2.21. The van der Waals surface area contributed by atoms with Gasteiger partial charge in [-0.1, -0.05) is 0 Å². The van der Waals surface area contributed by atoms with Gasteiger partial charge in [0, 0.05) is 12.1 Å². The largest absolute Gasteiger partial charge is 0.439 e. The number of aliphatic hydroxyl groups is 1. The third-order valence-corrected chi connectivity index (χ3v) is 2.74. The molecule has 0 aliphatic carbocycles. The van der Waals surface area contributed by atoms with Crippen molar-refractivity contribution in [2.75, 3.05) is 13.6 Å². The van der Waals surface area contributed by atoms with Crippen LogP contribution in [-0.4, -0.2) is 34.2 Å². The summed E-state index contributed by atoms with van der Waals surface area (Å²) in [6.45, 7) is 4.53. The van der Waals surface area contributed by atoms with Gasteiger partial charge >= 0.3 is 0 Å². The molecule has 2 rings (SSSR count). The van der Waals surface area contributed by atoms with E-state index in [1.807, 2.05) is 11.9 Å². The monoisotopic (exact) mass is 278 g/mol. The van der Waals surface area contributed by atoms with Crippen LogP contribution in [0.15, 0.2) is 34.9 Å². The summed E-state index contributed by atoms with van der Waals surface area (Å²) < 4.78 is 18.5. The van der Waals surface area contributed by atoms with E-state index in [0.717, 1.165) is 5.56 Å². The smallest absolute Gasteiger partial charge is 0.209 e. The van der Waals surface area contributed by atoms with Crippen LogP contribution in [0.5, 0.6) is 0 Å². The fourth-order valence-corrected chi connectivity index (χ4v) is 2.08. The molecule has 1 heterocycles. The van der Waals surface area contributed by atoms with Crippen LogP contribution < -0.4 is 0 Å². The first-order valence-electron chi connectivity index (χ1n) is 6.45. The topological polar surface area (TPSA) is 49.5 Å². The SMILES string of the molecule is CN(Cc1ncc(-c2ccc(F)cc2)o1)CC(C)(C)O. The molecule has 0 radical (unpaired) electrons. The Bertz CT molecular complexity index is 558. The van der Waals surface area contributed by atoms with Gasteiger partial charge in [-0.2, -0.15) is 0 Å². The van der Waals surface area contributed by atoms with Crippen LogP contribution in [0.2, 0.25) is 0 Å². The molecule has 0 atom stereocenters. The van der Waals surface area contributed by atoms with Crippen molar-refractivity contribution in [1.29, 1.82) is 0 Å². The van der Waals surface area contributed by atoms with Gasteiger partial charge in [-0.05, 0) is 45.2 Å². The van der Waals surface area contributed by atoms with Gasteiger partial charge in [0.1, 0.15) is 5.82 Å². The number of likely N-dealkylation sites (N-methyl/N-ethyl adjacent to an activating group) is 1. The average Bonchev–Trinajstić information content (AvgIpc) is 2.75. The fraction of sp³-hybridized carbons (Fsp3) is 0.400. The predicted molar refractivity (Wildman–Crippen MR) is 74.5 cm³/mol. The van der Waals surface area contributed by atoms with Crippen molar-refractivity contribution in [2.45, 2.75) is 26.0 Å². The summed E-state index contributed by atoms with van der Waals surface area (Å²) in [7, 11) is 1.89. The minimum Gasteiger partial charge on any atom is -0.439 e. The summed E-state index contributed by atoms with van der Waals surface area (Å²) in [4.78, 5) is 6.13. The van der Waals surface area contributed by atoms with Crippen LogP contribution >= 0.6 is 0 Å². The van der Waals surface area contributed by atoms with Gasteiger partial charge in [-0.25, -0.2) is 9.37 Å². The zero-order valence-corrected chi connectivity index (χ0v) is 11.9. The summed E-state index contributed by atoms with van der Waals surface area (Å²) in [5.41, 5.74) is 0.0245. The minimum absolute atomic E-state index is 0.279. The molecule has 108 valence electrons. The standard InChI is InChI=1S/C15H19FN2O2/c1-15(2,19)10-18(3)9-14-17-8-13(20-14)11-4-6-12(16)7-5-11/h4-8,19H,9-10H2,1-3H3. The molecule has 5 heteroatoms. The van der Waals surface area contributed by atoms with E-state index >= 15 is 0 Å². The Morgan fingerprint density at radius 1 is 1.30 bits per heavy atom. The van der Waals surface area contributed by atoms with Crippen molar-refractivity contribution < 1.29 is 13.9 Å². The fourth-order valence-electron chi connectivity index (χ4n) is 2.08. The number of nitrogens with zero attached hydrogens (tertiary/aromatic N) is 2. The van der Waals surface area contributed by atoms with Crippen molar-refractivity contribution in [3.63, 3.8) is 0 Å². The van der Waals surface area contributed by atoms with E-state index in [0.29, 0.717) is 24.7 Å². The zero-order chi connectivity index (χ0) is 14.8. The van der Waals surface area contributed by atoms with E-state index in [1.165, 1.54) is 12.1 Å². The lowest BCUT2D eigenvalue weighted by molar-refractivity contribution is 0.0403. The van der Waals surface area contributed by atoms with E-state index in [1.54, 1.807) is 32.2 Å². The second-order valence-corrected chi connectivity index (χ2v) is 5.61. The Hall–Kier alpha value is -1.72. The highest BCUT2D eigenvalue weighted by atomic mass is 19.1. The van der Waals surface area contributed by atoms with E-state index in [2.05, 4.69) is 4.98 Å². The maximum Gasteiger partial charge on any atom is 0.209 e. The van der Waals surface area contributed by atoms with E-state index in [-0.39, 0.29) is 5.82 Å². The van der Waals surface area contributed by atoms with Gasteiger partial charge in [0.05, 0.1) is 18.3 Å². The van der Waals surface area contributed by atoms with Crippen molar-refractivity contribution in [2.24, 2.45) is 0 Å². The molecule has 0 aliphatic rings. The number of aromatic nitrogens is 1. The number of oxazole rings is 1. The number of hydrogen-bond acceptors (Lipinski definition) is 4. The second-order valence-electron chi connectivity index (χ2n) is 5.61. The Kier molecular flexibility index (Phi) is 4.20. The molecular formula is C15H19FN2O2. The van der Waals surface area contributed by atoms with Crippen LogP contribution in [0.1, 0.15) is 19.7 Å². The summed E-state index contributed by atoms with van der Waals surface area (Å²) in [5, 5.41) is 9.75. The van der Waals surface area contributed by atoms with Crippen molar-refractivity contribution >= 4 is 0 Å². The molecule has 1 aromatic carbocycles. The van der Waals surface area contributed by atoms with E-state index < -0.39 is 5.60 Å². The Labute approximate surface area is 117 Å². The van der Waals surface area contributed by atoms with Gasteiger partial charge < -0.3 is 9.52 Å². The number of benzene rings is 1. The summed E-state index contributed by atoms with van der Waals surface area (Å²) in [5.74, 6) is 0.895. The van der Waals surface area contributed by atoms with Gasteiger partial charge in [-0.3, -0.25) is 4.90 Å². The maximum atomic E-state index is 12.9. The Balaban J connectivity index is 2.04.